The van der Waals surface area contributed by atoms with E-state index in [1.807, 2.05) is 42.5 Å². The van der Waals surface area contributed by atoms with Gasteiger partial charge in [0.25, 0.3) is 0 Å². The molecule has 0 saturated carbocycles. The molecule has 3 amide bonds. The number of rotatable bonds is 7. The normalized spacial score (nSPS) is 20.2. The molecule has 1 aliphatic carbocycles. The summed E-state index contributed by atoms with van der Waals surface area (Å²) in [7, 11) is 0. The molecule has 0 bridgehead atoms. The molecule has 6 heteroatoms. The van der Waals surface area contributed by atoms with Crippen LogP contribution in [0, 0.1) is 11.8 Å². The van der Waals surface area contributed by atoms with Crippen molar-refractivity contribution in [2.75, 3.05) is 11.9 Å². The van der Waals surface area contributed by atoms with Crippen molar-refractivity contribution in [1.29, 1.82) is 0 Å². The monoisotopic (exact) mass is 404 g/mol. The Kier molecular flexibility index (Phi) is 5.93. The van der Waals surface area contributed by atoms with E-state index in [-0.39, 0.29) is 42.5 Å². The number of benzene rings is 2. The van der Waals surface area contributed by atoms with Crippen molar-refractivity contribution in [3.05, 3.63) is 72.3 Å². The highest BCUT2D eigenvalue weighted by Gasteiger charge is 2.46. The van der Waals surface area contributed by atoms with Gasteiger partial charge in [-0.3, -0.25) is 19.3 Å². The molecule has 1 N–H and O–H groups in total. The molecular formula is C24H24N2O4. The van der Waals surface area contributed by atoms with E-state index in [2.05, 4.69) is 5.32 Å². The van der Waals surface area contributed by atoms with Crippen molar-refractivity contribution in [2.24, 2.45) is 11.8 Å². The molecule has 6 nitrogen and oxygen atoms in total. The number of hydrogen-bond acceptors (Lipinski definition) is 4. The van der Waals surface area contributed by atoms with Crippen molar-refractivity contribution in [3.63, 3.8) is 0 Å². The summed E-state index contributed by atoms with van der Waals surface area (Å²) in [6.07, 6.45) is 5.20. The number of nitrogens with zero attached hydrogens (tertiary/aromatic N) is 1. The molecule has 1 fully saturated rings. The molecule has 1 saturated heterocycles. The maximum atomic E-state index is 12.4. The van der Waals surface area contributed by atoms with Crippen LogP contribution in [0.3, 0.4) is 0 Å². The van der Waals surface area contributed by atoms with Crippen molar-refractivity contribution >= 4 is 23.4 Å². The van der Waals surface area contributed by atoms with Crippen molar-refractivity contribution in [2.45, 2.75) is 25.9 Å². The minimum absolute atomic E-state index is 0.0800. The van der Waals surface area contributed by atoms with Crippen LogP contribution in [0.1, 0.15) is 24.8 Å². The first-order valence-corrected chi connectivity index (χ1v) is 10.2. The fourth-order valence-corrected chi connectivity index (χ4v) is 3.90. The summed E-state index contributed by atoms with van der Waals surface area (Å²) in [4.78, 5) is 38.4. The second kappa shape index (κ2) is 8.95. The molecule has 1 heterocycles. The lowest BCUT2D eigenvalue weighted by molar-refractivity contribution is -0.140. The summed E-state index contributed by atoms with van der Waals surface area (Å²) in [5, 5.41) is 2.80. The number of carbonyl (C=O) groups is 3. The third-order valence-corrected chi connectivity index (χ3v) is 5.55. The van der Waals surface area contributed by atoms with Gasteiger partial charge in [0.1, 0.15) is 12.4 Å². The lowest BCUT2D eigenvalue weighted by Gasteiger charge is -2.14. The topological polar surface area (TPSA) is 75.7 Å². The smallest absolute Gasteiger partial charge is 0.233 e. The van der Waals surface area contributed by atoms with Crippen LogP contribution >= 0.6 is 0 Å². The predicted molar refractivity (Wildman–Crippen MR) is 113 cm³/mol. The zero-order valence-corrected chi connectivity index (χ0v) is 16.6. The first-order valence-electron chi connectivity index (χ1n) is 10.2. The lowest BCUT2D eigenvalue weighted by Crippen LogP contribution is -2.34. The second-order valence-corrected chi connectivity index (χ2v) is 7.58. The fourth-order valence-electron chi connectivity index (χ4n) is 3.90. The number of likely N-dealkylation sites (tertiary alicyclic amines) is 1. The van der Waals surface area contributed by atoms with Gasteiger partial charge in [0.15, 0.2) is 0 Å². The van der Waals surface area contributed by atoms with Crippen LogP contribution in [0.4, 0.5) is 5.69 Å². The molecule has 2 aliphatic rings. The summed E-state index contributed by atoms with van der Waals surface area (Å²) in [5.74, 6) is -0.338. The number of fused-ring (bicyclic) bond motifs is 1. The second-order valence-electron chi connectivity index (χ2n) is 7.58. The van der Waals surface area contributed by atoms with E-state index in [1.54, 1.807) is 24.3 Å². The highest BCUT2D eigenvalue weighted by Crippen LogP contribution is 2.35. The van der Waals surface area contributed by atoms with Gasteiger partial charge in [-0.15, -0.1) is 0 Å². The Balaban J connectivity index is 1.25. The SMILES string of the molecule is O=C(CCN1C(=O)C2CC=CCC2C1=O)Nc1ccc(OCc2ccccc2)cc1. The van der Waals surface area contributed by atoms with Crippen molar-refractivity contribution in [3.8, 4) is 5.75 Å². The third-order valence-electron chi connectivity index (χ3n) is 5.55. The average molecular weight is 404 g/mol. The van der Waals surface area contributed by atoms with E-state index in [4.69, 9.17) is 4.74 Å². The van der Waals surface area contributed by atoms with E-state index in [9.17, 15) is 14.4 Å². The predicted octanol–water partition coefficient (Wildman–Crippen LogP) is 3.55. The molecule has 1 aliphatic heterocycles. The van der Waals surface area contributed by atoms with Crippen LogP contribution in [-0.2, 0) is 21.0 Å². The van der Waals surface area contributed by atoms with Gasteiger partial charge in [0.2, 0.25) is 17.7 Å². The Labute approximate surface area is 175 Å². The lowest BCUT2D eigenvalue weighted by atomic mass is 9.85. The van der Waals surface area contributed by atoms with Crippen molar-refractivity contribution in [1.82, 2.24) is 4.90 Å². The largest absolute Gasteiger partial charge is 0.489 e. The molecule has 0 radical (unpaired) electrons. The Bertz CT molecular complexity index is 927. The quantitative estimate of drug-likeness (QED) is 0.566. The van der Waals surface area contributed by atoms with Gasteiger partial charge in [0, 0.05) is 18.7 Å². The number of hydrogen-bond donors (Lipinski definition) is 1. The number of allylic oxidation sites excluding steroid dienone is 2. The standard InChI is InChI=1S/C24H24N2O4/c27-22(14-15-26-23(28)20-8-4-5-9-21(20)24(26)29)25-18-10-12-19(13-11-18)30-16-17-6-2-1-3-7-17/h1-7,10-13,20-21H,8-9,14-16H2,(H,25,27). The maximum absolute atomic E-state index is 12.4. The minimum Gasteiger partial charge on any atom is -0.489 e. The van der Waals surface area contributed by atoms with Gasteiger partial charge in [0.05, 0.1) is 11.8 Å². The zero-order chi connectivity index (χ0) is 20.9. The minimum atomic E-state index is -0.256. The number of amides is 3. The number of nitrogens with one attached hydrogen (secondary N) is 1. The number of carbonyl (C=O) groups excluding carboxylic acids is 3. The molecule has 2 atom stereocenters. The molecule has 0 aromatic heterocycles. The highest BCUT2D eigenvalue weighted by atomic mass is 16.5. The van der Waals surface area contributed by atoms with E-state index in [0.29, 0.717) is 30.9 Å². The maximum Gasteiger partial charge on any atom is 0.233 e. The van der Waals surface area contributed by atoms with Crippen LogP contribution in [-0.4, -0.2) is 29.2 Å². The Morgan fingerprint density at radius 2 is 1.57 bits per heavy atom. The van der Waals surface area contributed by atoms with Gasteiger partial charge in [-0.1, -0.05) is 42.5 Å². The number of anilines is 1. The van der Waals surface area contributed by atoms with Gasteiger partial charge >= 0.3 is 0 Å². The molecule has 154 valence electrons. The summed E-state index contributed by atoms with van der Waals surface area (Å²) in [5.41, 5.74) is 1.72. The zero-order valence-electron chi connectivity index (χ0n) is 16.6. The number of imide groups is 1. The third kappa shape index (κ3) is 4.43. The average Bonchev–Trinajstić information content (AvgIpc) is 3.02. The summed E-state index contributed by atoms with van der Waals surface area (Å²) in [6, 6.07) is 17.0. The number of ether oxygens (including phenoxy) is 1. The Hall–Kier alpha value is -3.41. The van der Waals surface area contributed by atoms with Crippen LogP contribution in [0.5, 0.6) is 5.75 Å². The molecule has 2 aromatic carbocycles. The summed E-state index contributed by atoms with van der Waals surface area (Å²) in [6.45, 7) is 0.594. The van der Waals surface area contributed by atoms with Gasteiger partial charge in [-0.25, -0.2) is 0 Å². The molecular weight excluding hydrogens is 380 g/mol. The van der Waals surface area contributed by atoms with Crippen LogP contribution in [0.2, 0.25) is 0 Å². The van der Waals surface area contributed by atoms with E-state index >= 15 is 0 Å². The summed E-state index contributed by atoms with van der Waals surface area (Å²) < 4.78 is 5.74. The molecule has 4 rings (SSSR count). The van der Waals surface area contributed by atoms with Crippen molar-refractivity contribution < 1.29 is 19.1 Å². The first-order chi connectivity index (χ1) is 14.6. The van der Waals surface area contributed by atoms with Gasteiger partial charge in [-0.05, 0) is 42.7 Å². The van der Waals surface area contributed by atoms with Gasteiger partial charge < -0.3 is 10.1 Å². The van der Waals surface area contributed by atoms with E-state index < -0.39 is 0 Å². The Morgan fingerprint density at radius 1 is 0.933 bits per heavy atom. The summed E-state index contributed by atoms with van der Waals surface area (Å²) >= 11 is 0. The van der Waals surface area contributed by atoms with Crippen LogP contribution in [0.15, 0.2) is 66.7 Å². The molecule has 30 heavy (non-hydrogen) atoms. The van der Waals surface area contributed by atoms with E-state index in [1.165, 1.54) is 4.90 Å². The first kappa shape index (κ1) is 19.9. The molecule has 0 spiro atoms. The Morgan fingerprint density at radius 3 is 2.20 bits per heavy atom. The van der Waals surface area contributed by atoms with Gasteiger partial charge in [-0.2, -0.15) is 0 Å². The molecule has 2 aromatic rings. The fraction of sp³-hybridized carbons (Fsp3) is 0.292. The van der Waals surface area contributed by atoms with Crippen LogP contribution in [0.25, 0.3) is 0 Å². The van der Waals surface area contributed by atoms with Crippen LogP contribution < -0.4 is 10.1 Å². The molecule has 2 unspecified atom stereocenters. The highest BCUT2D eigenvalue weighted by molar-refractivity contribution is 6.05. The van der Waals surface area contributed by atoms with E-state index in [0.717, 1.165) is 5.56 Å².